The van der Waals surface area contributed by atoms with Crippen LogP contribution >= 0.6 is 23.4 Å². The van der Waals surface area contributed by atoms with Crippen LogP contribution in [0.25, 0.3) is 11.4 Å². The zero-order valence-electron chi connectivity index (χ0n) is 15.3. The second-order valence-corrected chi connectivity index (χ2v) is 7.70. The van der Waals surface area contributed by atoms with Crippen LogP contribution in [0.15, 0.2) is 70.3 Å². The summed E-state index contributed by atoms with van der Waals surface area (Å²) in [5.74, 6) is 1.34. The quantitative estimate of drug-likeness (QED) is 0.427. The van der Waals surface area contributed by atoms with Gasteiger partial charge in [-0.2, -0.15) is 0 Å². The Hall–Kier alpha value is -3.10. The number of hydrogen-bond donors (Lipinski definition) is 2. The summed E-state index contributed by atoms with van der Waals surface area (Å²) in [4.78, 5) is 17.5. The Balaban J connectivity index is 1.57. The van der Waals surface area contributed by atoms with E-state index >= 15 is 0 Å². The summed E-state index contributed by atoms with van der Waals surface area (Å²) >= 11 is 7.18. The number of H-pyrrole nitrogens is 1. The van der Waals surface area contributed by atoms with Gasteiger partial charge in [-0.15, -0.1) is 5.10 Å². The number of aromatic amines is 1. The van der Waals surface area contributed by atoms with Gasteiger partial charge in [0.25, 0.3) is 0 Å². The molecule has 0 bridgehead atoms. The summed E-state index contributed by atoms with van der Waals surface area (Å²) in [5.41, 5.74) is 1.68. The van der Waals surface area contributed by atoms with Crippen molar-refractivity contribution >= 4 is 35.1 Å². The first-order valence-electron chi connectivity index (χ1n) is 8.72. The number of carbonyl (C=O) groups excluding carboxylic acids is 1. The molecule has 2 aromatic carbocycles. The third kappa shape index (κ3) is 4.67. The van der Waals surface area contributed by atoms with Crippen LogP contribution < -0.4 is 5.32 Å². The van der Waals surface area contributed by atoms with E-state index in [1.54, 1.807) is 25.1 Å². The van der Waals surface area contributed by atoms with Crippen LogP contribution in [-0.4, -0.2) is 26.2 Å². The minimum Gasteiger partial charge on any atom is -0.360 e. The summed E-state index contributed by atoms with van der Waals surface area (Å²) in [7, 11) is 0. The number of amides is 1. The largest absolute Gasteiger partial charge is 0.360 e. The molecule has 146 valence electrons. The number of hydrogen-bond acceptors (Lipinski definition) is 6. The van der Waals surface area contributed by atoms with Crippen LogP contribution in [-0.2, 0) is 4.79 Å². The molecule has 0 saturated heterocycles. The number of carbonyl (C=O) groups is 1. The third-order valence-electron chi connectivity index (χ3n) is 4.03. The van der Waals surface area contributed by atoms with E-state index in [-0.39, 0.29) is 5.91 Å². The number of nitrogens with zero attached hydrogens (tertiary/aromatic N) is 3. The molecular weight excluding hydrogens is 410 g/mol. The average molecular weight is 426 g/mol. The molecule has 4 rings (SSSR count). The molecule has 0 fully saturated rings. The van der Waals surface area contributed by atoms with Crippen molar-refractivity contribution in [3.8, 4) is 11.4 Å². The van der Waals surface area contributed by atoms with Crippen molar-refractivity contribution in [3.63, 3.8) is 0 Å². The molecular formula is C20H16ClN5O2S. The Kier molecular flexibility index (Phi) is 5.64. The molecule has 2 heterocycles. The standard InChI is InChI=1S/C20H16ClN5O2S/c1-12-11-16(26-28-12)22-19(27)17(13-5-3-2-4-6-13)29-20-23-18(24-25-20)14-7-9-15(21)10-8-14/h2-11,17H,1H3,(H,22,26,27)(H,23,24,25). The van der Waals surface area contributed by atoms with E-state index in [0.717, 1.165) is 11.1 Å². The number of halogens is 1. The van der Waals surface area contributed by atoms with Gasteiger partial charge in [-0.25, -0.2) is 4.98 Å². The molecule has 9 heteroatoms. The van der Waals surface area contributed by atoms with Gasteiger partial charge in [0.2, 0.25) is 11.1 Å². The number of anilines is 1. The Labute approximate surface area is 175 Å². The van der Waals surface area contributed by atoms with E-state index < -0.39 is 5.25 Å². The van der Waals surface area contributed by atoms with Gasteiger partial charge in [0, 0.05) is 16.7 Å². The fraction of sp³-hybridized carbons (Fsp3) is 0.100. The van der Waals surface area contributed by atoms with Crippen molar-refractivity contribution in [1.29, 1.82) is 0 Å². The molecule has 7 nitrogen and oxygen atoms in total. The van der Waals surface area contributed by atoms with Gasteiger partial charge >= 0.3 is 0 Å². The summed E-state index contributed by atoms with van der Waals surface area (Å²) in [6.45, 7) is 1.76. The Morgan fingerprint density at radius 3 is 2.62 bits per heavy atom. The highest BCUT2D eigenvalue weighted by atomic mass is 35.5. The third-order valence-corrected chi connectivity index (χ3v) is 5.39. The van der Waals surface area contributed by atoms with E-state index in [1.807, 2.05) is 42.5 Å². The fourth-order valence-electron chi connectivity index (χ4n) is 2.66. The number of aromatic nitrogens is 4. The lowest BCUT2D eigenvalue weighted by molar-refractivity contribution is -0.115. The van der Waals surface area contributed by atoms with Gasteiger partial charge in [-0.05, 0) is 36.8 Å². The van der Waals surface area contributed by atoms with E-state index in [1.165, 1.54) is 11.8 Å². The van der Waals surface area contributed by atoms with Crippen molar-refractivity contribution < 1.29 is 9.32 Å². The van der Waals surface area contributed by atoms with Gasteiger partial charge in [-0.3, -0.25) is 9.89 Å². The first-order valence-corrected chi connectivity index (χ1v) is 9.98. The lowest BCUT2D eigenvalue weighted by Crippen LogP contribution is -2.19. The maximum atomic E-state index is 12.9. The second-order valence-electron chi connectivity index (χ2n) is 6.19. The number of rotatable bonds is 6. The molecule has 0 saturated carbocycles. The maximum Gasteiger partial charge on any atom is 0.243 e. The van der Waals surface area contributed by atoms with Gasteiger partial charge < -0.3 is 9.84 Å². The number of nitrogens with one attached hydrogen (secondary N) is 2. The smallest absolute Gasteiger partial charge is 0.243 e. The predicted molar refractivity (Wildman–Crippen MR) is 112 cm³/mol. The molecule has 0 aliphatic heterocycles. The monoisotopic (exact) mass is 425 g/mol. The predicted octanol–water partition coefficient (Wildman–Crippen LogP) is 4.89. The minimum atomic E-state index is -0.568. The van der Waals surface area contributed by atoms with Gasteiger partial charge in [-0.1, -0.05) is 58.9 Å². The molecule has 2 N–H and O–H groups in total. The van der Waals surface area contributed by atoms with E-state index in [0.29, 0.717) is 27.6 Å². The lowest BCUT2D eigenvalue weighted by Gasteiger charge is -2.14. The van der Waals surface area contributed by atoms with Crippen molar-refractivity contribution in [3.05, 3.63) is 77.0 Å². The highest BCUT2D eigenvalue weighted by Crippen LogP contribution is 2.35. The molecule has 4 aromatic rings. The first kappa shape index (κ1) is 19.2. The van der Waals surface area contributed by atoms with Crippen LogP contribution in [0.2, 0.25) is 5.02 Å². The topological polar surface area (TPSA) is 96.7 Å². The summed E-state index contributed by atoms with van der Waals surface area (Å²) in [6, 6.07) is 18.4. The van der Waals surface area contributed by atoms with Crippen LogP contribution in [0.3, 0.4) is 0 Å². The van der Waals surface area contributed by atoms with Gasteiger partial charge in [0.1, 0.15) is 11.0 Å². The minimum absolute atomic E-state index is 0.243. The number of benzene rings is 2. The molecule has 0 aliphatic rings. The van der Waals surface area contributed by atoms with Crippen LogP contribution in [0.5, 0.6) is 0 Å². The summed E-state index contributed by atoms with van der Waals surface area (Å²) in [6.07, 6.45) is 0. The highest BCUT2D eigenvalue weighted by molar-refractivity contribution is 8.00. The van der Waals surface area contributed by atoms with Crippen molar-refractivity contribution in [2.75, 3.05) is 5.32 Å². The Morgan fingerprint density at radius 2 is 1.93 bits per heavy atom. The lowest BCUT2D eigenvalue weighted by atomic mass is 10.1. The zero-order valence-corrected chi connectivity index (χ0v) is 16.9. The van der Waals surface area contributed by atoms with Gasteiger partial charge in [0.15, 0.2) is 11.6 Å². The normalized spacial score (nSPS) is 11.9. The molecule has 0 spiro atoms. The molecule has 0 radical (unpaired) electrons. The molecule has 1 atom stereocenters. The average Bonchev–Trinajstić information content (AvgIpc) is 3.36. The van der Waals surface area contributed by atoms with Crippen LogP contribution in [0.1, 0.15) is 16.6 Å². The second kappa shape index (κ2) is 8.50. The van der Waals surface area contributed by atoms with E-state index in [4.69, 9.17) is 16.1 Å². The fourth-order valence-corrected chi connectivity index (χ4v) is 3.70. The number of thioether (sulfide) groups is 1. The van der Waals surface area contributed by atoms with E-state index in [2.05, 4.69) is 25.7 Å². The molecule has 29 heavy (non-hydrogen) atoms. The first-order chi connectivity index (χ1) is 14.1. The van der Waals surface area contributed by atoms with Crippen molar-refractivity contribution in [2.24, 2.45) is 0 Å². The van der Waals surface area contributed by atoms with Crippen LogP contribution in [0, 0.1) is 6.92 Å². The molecule has 1 amide bonds. The summed E-state index contributed by atoms with van der Waals surface area (Å²) in [5, 5.41) is 14.3. The Bertz CT molecular complexity index is 1110. The SMILES string of the molecule is Cc1cc(NC(=O)C(Sc2n[nH]c(-c3ccc(Cl)cc3)n2)c2ccccc2)no1. The zero-order chi connectivity index (χ0) is 20.2. The van der Waals surface area contributed by atoms with E-state index in [9.17, 15) is 4.79 Å². The van der Waals surface area contributed by atoms with Crippen molar-refractivity contribution in [2.45, 2.75) is 17.3 Å². The van der Waals surface area contributed by atoms with Crippen LogP contribution in [0.4, 0.5) is 5.82 Å². The van der Waals surface area contributed by atoms with Crippen molar-refractivity contribution in [1.82, 2.24) is 20.3 Å². The molecule has 1 unspecified atom stereocenters. The molecule has 0 aliphatic carbocycles. The number of aryl methyl sites for hydroxylation is 1. The highest BCUT2D eigenvalue weighted by Gasteiger charge is 2.25. The van der Waals surface area contributed by atoms with Gasteiger partial charge in [0.05, 0.1) is 0 Å². The maximum absolute atomic E-state index is 12.9. The summed E-state index contributed by atoms with van der Waals surface area (Å²) < 4.78 is 5.02. The Morgan fingerprint density at radius 1 is 1.17 bits per heavy atom. The molecule has 2 aromatic heterocycles.